The summed E-state index contributed by atoms with van der Waals surface area (Å²) < 4.78 is 0.936. The second kappa shape index (κ2) is 5.72. The number of amides is 2. The van der Waals surface area contributed by atoms with Crippen LogP contribution in [0.5, 0.6) is 0 Å². The van der Waals surface area contributed by atoms with Gasteiger partial charge in [-0.05, 0) is 27.4 Å². The maximum Gasteiger partial charge on any atom is 0.323 e. The Hall–Kier alpha value is -1.08. The number of hydrogen-bond donors (Lipinski definition) is 3. The van der Waals surface area contributed by atoms with Crippen molar-refractivity contribution in [1.29, 1.82) is 0 Å². The smallest absolute Gasteiger partial charge is 0.323 e. The van der Waals surface area contributed by atoms with Gasteiger partial charge in [-0.2, -0.15) is 0 Å². The van der Waals surface area contributed by atoms with Gasteiger partial charge >= 0.3 is 12.0 Å². The van der Waals surface area contributed by atoms with E-state index in [-0.39, 0.29) is 6.54 Å². The Bertz CT molecular complexity index is 367. The summed E-state index contributed by atoms with van der Waals surface area (Å²) in [7, 11) is 0. The van der Waals surface area contributed by atoms with Crippen molar-refractivity contribution in [3.05, 3.63) is 20.8 Å². The molecule has 82 valence electrons. The van der Waals surface area contributed by atoms with Gasteiger partial charge in [-0.3, -0.25) is 4.79 Å². The van der Waals surface area contributed by atoms with Gasteiger partial charge in [-0.1, -0.05) is 0 Å². The number of halogens is 1. The predicted octanol–water partition coefficient (Wildman–Crippen LogP) is 1.39. The zero-order chi connectivity index (χ0) is 11.3. The van der Waals surface area contributed by atoms with Crippen LogP contribution < -0.4 is 10.6 Å². The Labute approximate surface area is 98.6 Å². The molecule has 2 amide bonds. The predicted molar refractivity (Wildman–Crippen MR) is 59.9 cm³/mol. The van der Waals surface area contributed by atoms with Crippen LogP contribution in [0, 0.1) is 0 Å². The molecule has 0 saturated heterocycles. The Morgan fingerprint density at radius 3 is 2.73 bits per heavy atom. The molecule has 0 atom stereocenters. The highest BCUT2D eigenvalue weighted by Crippen LogP contribution is 2.21. The lowest BCUT2D eigenvalue weighted by atomic mass is 10.5. The van der Waals surface area contributed by atoms with Gasteiger partial charge in [-0.25, -0.2) is 4.79 Å². The van der Waals surface area contributed by atoms with Gasteiger partial charge in [0.05, 0.1) is 6.54 Å². The van der Waals surface area contributed by atoms with Crippen LogP contribution in [0.1, 0.15) is 4.88 Å². The molecular formula is C8H9BrN2O3S. The minimum absolute atomic E-state index is 0.378. The van der Waals surface area contributed by atoms with E-state index in [0.29, 0.717) is 6.54 Å². The third kappa shape index (κ3) is 4.30. The fraction of sp³-hybridized carbons (Fsp3) is 0.250. The number of carboxylic acid groups (broad SMARTS) is 1. The third-order valence-corrected chi connectivity index (χ3v) is 3.43. The second-order valence-corrected chi connectivity index (χ2v) is 4.48. The molecule has 0 aromatic carbocycles. The molecule has 1 aromatic heterocycles. The lowest BCUT2D eigenvalue weighted by Gasteiger charge is -2.04. The number of carboxylic acids is 1. The van der Waals surface area contributed by atoms with Crippen molar-refractivity contribution in [2.24, 2.45) is 0 Å². The highest BCUT2D eigenvalue weighted by molar-refractivity contribution is 9.10. The minimum atomic E-state index is -1.07. The number of urea groups is 1. The Kier molecular flexibility index (Phi) is 4.57. The molecule has 1 heterocycles. The number of carbonyl (C=O) groups is 2. The molecule has 0 unspecified atom stereocenters. The molecule has 5 nitrogen and oxygen atoms in total. The van der Waals surface area contributed by atoms with Gasteiger partial charge in [0.25, 0.3) is 0 Å². The third-order valence-electron chi connectivity index (χ3n) is 1.50. The summed E-state index contributed by atoms with van der Waals surface area (Å²) in [5.74, 6) is -1.07. The van der Waals surface area contributed by atoms with E-state index in [1.165, 1.54) is 11.3 Å². The zero-order valence-electron chi connectivity index (χ0n) is 7.62. The van der Waals surface area contributed by atoms with Gasteiger partial charge in [0.1, 0.15) is 6.54 Å². The van der Waals surface area contributed by atoms with Crippen LogP contribution in [0.4, 0.5) is 4.79 Å². The molecule has 1 rings (SSSR count). The molecule has 1 aromatic rings. The summed E-state index contributed by atoms with van der Waals surface area (Å²) in [5, 5.41) is 15.0. The SMILES string of the molecule is O=C(O)CNC(=O)NCc1sccc1Br. The molecule has 0 radical (unpaired) electrons. The maximum atomic E-state index is 11.1. The number of aliphatic carboxylic acids is 1. The summed E-state index contributed by atoms with van der Waals surface area (Å²) in [4.78, 5) is 22.2. The van der Waals surface area contributed by atoms with Crippen LogP contribution in [0.25, 0.3) is 0 Å². The summed E-state index contributed by atoms with van der Waals surface area (Å²) in [5.41, 5.74) is 0. The number of nitrogens with one attached hydrogen (secondary N) is 2. The molecule has 3 N–H and O–H groups in total. The summed E-state index contributed by atoms with van der Waals surface area (Å²) in [6.07, 6.45) is 0. The lowest BCUT2D eigenvalue weighted by molar-refractivity contribution is -0.135. The molecule has 15 heavy (non-hydrogen) atoms. The number of carbonyl (C=O) groups excluding carboxylic acids is 1. The van der Waals surface area contributed by atoms with Crippen LogP contribution in [-0.2, 0) is 11.3 Å². The maximum absolute atomic E-state index is 11.1. The first-order chi connectivity index (χ1) is 7.09. The van der Waals surface area contributed by atoms with E-state index >= 15 is 0 Å². The standard InChI is InChI=1S/C8H9BrN2O3S/c9-5-1-2-15-6(5)3-10-8(14)11-4-7(12)13/h1-2H,3-4H2,(H,12,13)(H2,10,11,14). The summed E-state index contributed by atoms with van der Waals surface area (Å²) >= 11 is 4.83. The first-order valence-electron chi connectivity index (χ1n) is 4.05. The summed E-state index contributed by atoms with van der Waals surface area (Å²) in [6.45, 7) is 0.00114. The molecule has 0 fully saturated rings. The fourth-order valence-corrected chi connectivity index (χ4v) is 2.26. The quantitative estimate of drug-likeness (QED) is 0.785. The van der Waals surface area contributed by atoms with Crippen molar-refractivity contribution < 1.29 is 14.7 Å². The van der Waals surface area contributed by atoms with E-state index in [2.05, 4.69) is 26.6 Å². The average Bonchev–Trinajstić information content (AvgIpc) is 2.58. The van der Waals surface area contributed by atoms with Gasteiger partial charge in [-0.15, -0.1) is 11.3 Å². The van der Waals surface area contributed by atoms with Crippen molar-refractivity contribution in [2.75, 3.05) is 6.54 Å². The van der Waals surface area contributed by atoms with Crippen LogP contribution in [0.15, 0.2) is 15.9 Å². The monoisotopic (exact) mass is 292 g/mol. The van der Waals surface area contributed by atoms with Crippen LogP contribution in [0.2, 0.25) is 0 Å². The van der Waals surface area contributed by atoms with Crippen molar-refractivity contribution in [2.45, 2.75) is 6.54 Å². The average molecular weight is 293 g/mol. The number of rotatable bonds is 4. The van der Waals surface area contributed by atoms with Gasteiger partial charge in [0.2, 0.25) is 0 Å². The molecule has 0 spiro atoms. The molecule has 0 saturated carbocycles. The normalized spacial score (nSPS) is 9.67. The molecule has 0 aliphatic rings. The van der Waals surface area contributed by atoms with Crippen LogP contribution in [-0.4, -0.2) is 23.7 Å². The summed E-state index contributed by atoms with van der Waals surface area (Å²) in [6, 6.07) is 1.40. The molecule has 0 aliphatic heterocycles. The number of thiophene rings is 1. The first-order valence-corrected chi connectivity index (χ1v) is 5.72. The van der Waals surface area contributed by atoms with E-state index < -0.39 is 12.0 Å². The van der Waals surface area contributed by atoms with Crippen LogP contribution in [0.3, 0.4) is 0 Å². The van der Waals surface area contributed by atoms with E-state index in [1.807, 2.05) is 11.4 Å². The first kappa shape index (κ1) is 12.0. The van der Waals surface area contributed by atoms with Gasteiger partial charge in [0, 0.05) is 9.35 Å². The van der Waals surface area contributed by atoms with E-state index in [1.54, 1.807) is 0 Å². The zero-order valence-corrected chi connectivity index (χ0v) is 10.0. The van der Waals surface area contributed by atoms with Crippen molar-refractivity contribution >= 4 is 39.3 Å². The van der Waals surface area contributed by atoms with E-state index in [4.69, 9.17) is 5.11 Å². The minimum Gasteiger partial charge on any atom is -0.480 e. The van der Waals surface area contributed by atoms with E-state index in [9.17, 15) is 9.59 Å². The molecule has 7 heteroatoms. The highest BCUT2D eigenvalue weighted by Gasteiger charge is 2.05. The molecule has 0 bridgehead atoms. The Morgan fingerprint density at radius 1 is 1.47 bits per heavy atom. The highest BCUT2D eigenvalue weighted by atomic mass is 79.9. The molecular weight excluding hydrogens is 284 g/mol. The van der Waals surface area contributed by atoms with Gasteiger partial charge < -0.3 is 15.7 Å². The molecule has 0 aliphatic carbocycles. The van der Waals surface area contributed by atoms with Gasteiger partial charge in [0.15, 0.2) is 0 Å². The van der Waals surface area contributed by atoms with Crippen molar-refractivity contribution in [3.8, 4) is 0 Å². The Balaban J connectivity index is 2.28. The topological polar surface area (TPSA) is 78.4 Å². The van der Waals surface area contributed by atoms with Crippen molar-refractivity contribution in [3.63, 3.8) is 0 Å². The largest absolute Gasteiger partial charge is 0.480 e. The van der Waals surface area contributed by atoms with Crippen molar-refractivity contribution in [1.82, 2.24) is 10.6 Å². The van der Waals surface area contributed by atoms with E-state index in [0.717, 1.165) is 9.35 Å². The van der Waals surface area contributed by atoms with Crippen LogP contribution >= 0.6 is 27.3 Å². The number of hydrogen-bond acceptors (Lipinski definition) is 3. The lowest BCUT2D eigenvalue weighted by Crippen LogP contribution is -2.37. The Morgan fingerprint density at radius 2 is 2.20 bits per heavy atom. The second-order valence-electron chi connectivity index (χ2n) is 2.62. The fourth-order valence-electron chi connectivity index (χ4n) is 0.830.